The van der Waals surface area contributed by atoms with Crippen molar-refractivity contribution in [1.29, 1.82) is 0 Å². The molecule has 0 N–H and O–H groups in total. The Labute approximate surface area is 136 Å². The van der Waals surface area contributed by atoms with Crippen LogP contribution >= 0.6 is 22.9 Å². The lowest BCUT2D eigenvalue weighted by molar-refractivity contribution is 0.601. The highest BCUT2D eigenvalue weighted by Gasteiger charge is 2.20. The molecule has 112 valence electrons. The first-order chi connectivity index (χ1) is 10.7. The van der Waals surface area contributed by atoms with Gasteiger partial charge in [-0.25, -0.2) is 4.68 Å². The molecular weight excluding hydrogens is 318 g/mol. The minimum atomic E-state index is -0.0516. The lowest BCUT2D eigenvalue weighted by atomic mass is 9.97. The van der Waals surface area contributed by atoms with E-state index >= 15 is 0 Å². The molecule has 0 aliphatic heterocycles. The fraction of sp³-hybridized carbons (Fsp3) is 0.312. The number of nitrogens with zero attached hydrogens (tertiary/aromatic N) is 3. The predicted octanol–water partition coefficient (Wildman–Crippen LogP) is 3.43. The van der Waals surface area contributed by atoms with Gasteiger partial charge in [-0.05, 0) is 42.9 Å². The van der Waals surface area contributed by atoms with Gasteiger partial charge in [-0.2, -0.15) is 0 Å². The molecule has 4 nitrogen and oxygen atoms in total. The molecule has 22 heavy (non-hydrogen) atoms. The summed E-state index contributed by atoms with van der Waals surface area (Å²) in [6, 6.07) is 7.51. The summed E-state index contributed by atoms with van der Waals surface area (Å²) in [5.74, 6) is 0. The van der Waals surface area contributed by atoms with E-state index in [2.05, 4.69) is 10.3 Å². The zero-order valence-corrected chi connectivity index (χ0v) is 13.5. The maximum absolute atomic E-state index is 12.8. The van der Waals surface area contributed by atoms with Gasteiger partial charge in [0.05, 0.1) is 11.9 Å². The molecule has 0 amide bonds. The molecule has 0 unspecified atom stereocenters. The number of aromatic nitrogens is 3. The number of halogens is 1. The number of rotatable bonds is 2. The van der Waals surface area contributed by atoms with Gasteiger partial charge >= 0.3 is 0 Å². The fourth-order valence-electron chi connectivity index (χ4n) is 3.00. The molecule has 0 fully saturated rings. The second-order valence-corrected chi connectivity index (χ2v) is 7.03. The van der Waals surface area contributed by atoms with Crippen molar-refractivity contribution in [3.8, 4) is 0 Å². The van der Waals surface area contributed by atoms with Gasteiger partial charge < -0.3 is 0 Å². The number of hydrogen-bond acceptors (Lipinski definition) is 4. The van der Waals surface area contributed by atoms with E-state index in [0.717, 1.165) is 35.0 Å². The molecule has 0 bridgehead atoms. The highest BCUT2D eigenvalue weighted by molar-refractivity contribution is 7.18. The molecule has 1 aromatic carbocycles. The van der Waals surface area contributed by atoms with E-state index in [1.54, 1.807) is 11.3 Å². The molecule has 0 atom stereocenters. The van der Waals surface area contributed by atoms with Gasteiger partial charge in [-0.3, -0.25) is 4.79 Å². The zero-order valence-electron chi connectivity index (χ0n) is 11.9. The molecular formula is C16H14ClN3OS. The molecule has 3 aromatic rings. The monoisotopic (exact) mass is 331 g/mol. The summed E-state index contributed by atoms with van der Waals surface area (Å²) in [6.45, 7) is 0.353. The standard InChI is InChI=1S/C16H14ClN3OS/c17-12-7-3-1-5-10(12)9-20-16(21)14-11-6-2-4-8-13(11)22-15(14)18-19-20/h1,3,5,7H,2,4,6,8-9H2. The van der Waals surface area contributed by atoms with E-state index in [9.17, 15) is 4.79 Å². The number of aryl methyl sites for hydroxylation is 2. The van der Waals surface area contributed by atoms with E-state index in [-0.39, 0.29) is 5.56 Å². The van der Waals surface area contributed by atoms with Crippen LogP contribution in [0.5, 0.6) is 0 Å². The Kier molecular flexibility index (Phi) is 3.47. The van der Waals surface area contributed by atoms with Gasteiger partial charge in [0.2, 0.25) is 0 Å². The van der Waals surface area contributed by atoms with Crippen LogP contribution in [0.1, 0.15) is 28.8 Å². The highest BCUT2D eigenvalue weighted by atomic mass is 35.5. The van der Waals surface area contributed by atoms with Crippen molar-refractivity contribution in [2.24, 2.45) is 0 Å². The van der Waals surface area contributed by atoms with Gasteiger partial charge in [-0.1, -0.05) is 35.0 Å². The Bertz CT molecular complexity index is 915. The SMILES string of the molecule is O=c1c2c3c(sc2nnn1Cc1ccccc1Cl)CCCC3. The first-order valence-corrected chi connectivity index (χ1v) is 8.55. The third-order valence-corrected chi connectivity index (χ3v) is 5.67. The molecule has 1 aliphatic rings. The van der Waals surface area contributed by atoms with Crippen LogP contribution in [0.15, 0.2) is 29.1 Å². The van der Waals surface area contributed by atoms with Crippen LogP contribution in [0.2, 0.25) is 5.02 Å². The van der Waals surface area contributed by atoms with Gasteiger partial charge in [-0.15, -0.1) is 16.4 Å². The van der Waals surface area contributed by atoms with Crippen LogP contribution in [0.3, 0.4) is 0 Å². The topological polar surface area (TPSA) is 47.8 Å². The summed E-state index contributed by atoms with van der Waals surface area (Å²) < 4.78 is 1.42. The normalized spacial score (nSPS) is 14.2. The lowest BCUT2D eigenvalue weighted by Gasteiger charge is -2.10. The predicted molar refractivity (Wildman–Crippen MR) is 88.9 cm³/mol. The van der Waals surface area contributed by atoms with Crippen molar-refractivity contribution < 1.29 is 0 Å². The minimum Gasteiger partial charge on any atom is -0.267 e. The molecule has 2 heterocycles. The Morgan fingerprint density at radius 2 is 2.05 bits per heavy atom. The second kappa shape index (κ2) is 5.48. The fourth-order valence-corrected chi connectivity index (χ4v) is 4.39. The largest absolute Gasteiger partial charge is 0.279 e. The van der Waals surface area contributed by atoms with Crippen molar-refractivity contribution >= 4 is 33.2 Å². The summed E-state index contributed by atoms with van der Waals surface area (Å²) in [4.78, 5) is 14.9. The summed E-state index contributed by atoms with van der Waals surface area (Å²) in [6.07, 6.45) is 4.37. The number of fused-ring (bicyclic) bond motifs is 3. The average Bonchev–Trinajstić information content (AvgIpc) is 2.91. The van der Waals surface area contributed by atoms with Crippen molar-refractivity contribution in [2.75, 3.05) is 0 Å². The first kappa shape index (κ1) is 13.9. The smallest absolute Gasteiger partial charge is 0.267 e. The zero-order chi connectivity index (χ0) is 15.1. The number of hydrogen-bond donors (Lipinski definition) is 0. The summed E-state index contributed by atoms with van der Waals surface area (Å²) in [7, 11) is 0. The van der Waals surface area contributed by atoms with Crippen molar-refractivity contribution in [3.63, 3.8) is 0 Å². The van der Waals surface area contributed by atoms with Crippen LogP contribution in [0.25, 0.3) is 10.2 Å². The van der Waals surface area contributed by atoms with Gasteiger partial charge in [0.1, 0.15) is 0 Å². The highest BCUT2D eigenvalue weighted by Crippen LogP contribution is 2.33. The lowest BCUT2D eigenvalue weighted by Crippen LogP contribution is -2.25. The van der Waals surface area contributed by atoms with Gasteiger partial charge in [0.25, 0.3) is 5.56 Å². The molecule has 0 saturated heterocycles. The van der Waals surface area contributed by atoms with Crippen LogP contribution in [0.4, 0.5) is 0 Å². The Balaban J connectivity index is 1.84. The molecule has 2 aromatic heterocycles. The summed E-state index contributed by atoms with van der Waals surface area (Å²) >= 11 is 7.80. The van der Waals surface area contributed by atoms with Gasteiger partial charge in [0.15, 0.2) is 4.83 Å². The maximum Gasteiger partial charge on any atom is 0.279 e. The average molecular weight is 332 g/mol. The number of benzene rings is 1. The van der Waals surface area contributed by atoms with E-state index < -0.39 is 0 Å². The van der Waals surface area contributed by atoms with Crippen molar-refractivity contribution in [3.05, 3.63) is 55.6 Å². The molecule has 1 aliphatic carbocycles. The maximum atomic E-state index is 12.8. The molecule has 0 saturated carbocycles. The Hall–Kier alpha value is -1.72. The summed E-state index contributed by atoms with van der Waals surface area (Å²) in [5.41, 5.74) is 2.02. The summed E-state index contributed by atoms with van der Waals surface area (Å²) in [5, 5.41) is 9.76. The van der Waals surface area contributed by atoms with Crippen LogP contribution in [-0.2, 0) is 19.4 Å². The van der Waals surface area contributed by atoms with Crippen molar-refractivity contribution in [1.82, 2.24) is 15.0 Å². The molecule has 0 radical (unpaired) electrons. The minimum absolute atomic E-state index is 0.0516. The van der Waals surface area contributed by atoms with Crippen LogP contribution in [-0.4, -0.2) is 15.0 Å². The Morgan fingerprint density at radius 3 is 2.91 bits per heavy atom. The van der Waals surface area contributed by atoms with E-state index in [4.69, 9.17) is 11.6 Å². The van der Waals surface area contributed by atoms with E-state index in [0.29, 0.717) is 11.6 Å². The third-order valence-electron chi connectivity index (χ3n) is 4.12. The van der Waals surface area contributed by atoms with Crippen molar-refractivity contribution in [2.45, 2.75) is 32.2 Å². The van der Waals surface area contributed by atoms with Crippen LogP contribution < -0.4 is 5.56 Å². The number of thiophene rings is 1. The second-order valence-electron chi connectivity index (χ2n) is 5.53. The van der Waals surface area contributed by atoms with E-state index in [1.165, 1.54) is 21.5 Å². The third kappa shape index (κ3) is 2.25. The van der Waals surface area contributed by atoms with E-state index in [1.807, 2.05) is 24.3 Å². The molecule has 6 heteroatoms. The molecule has 0 spiro atoms. The Morgan fingerprint density at radius 1 is 1.23 bits per heavy atom. The molecule has 4 rings (SSSR count). The van der Waals surface area contributed by atoms with Crippen LogP contribution in [0, 0.1) is 0 Å². The van der Waals surface area contributed by atoms with Gasteiger partial charge in [0, 0.05) is 9.90 Å². The first-order valence-electron chi connectivity index (χ1n) is 7.35. The quantitative estimate of drug-likeness (QED) is 0.722.